The van der Waals surface area contributed by atoms with E-state index in [4.69, 9.17) is 5.11 Å². The van der Waals surface area contributed by atoms with Crippen molar-refractivity contribution in [3.63, 3.8) is 0 Å². The highest BCUT2D eigenvalue weighted by molar-refractivity contribution is 7.90. The Labute approximate surface area is 84.1 Å². The average Bonchev–Trinajstić information content (AvgIpc) is 1.99. The number of benzene rings is 1. The third-order valence-corrected chi connectivity index (χ3v) is 2.83. The van der Waals surface area contributed by atoms with E-state index >= 15 is 0 Å². The predicted molar refractivity (Wildman–Crippen MR) is 46.2 cm³/mol. The van der Waals surface area contributed by atoms with E-state index < -0.39 is 32.2 Å². The summed E-state index contributed by atoms with van der Waals surface area (Å²) in [5.74, 6) is -0.896. The normalized spacial score (nSPS) is 12.8. The first-order chi connectivity index (χ1) is 6.62. The number of hydrogen-bond donors (Lipinski definition) is 1. The summed E-state index contributed by atoms with van der Waals surface area (Å²) in [6, 6.07) is 1.72. The maximum Gasteiger partial charge on any atom is 0.416 e. The van der Waals surface area contributed by atoms with Crippen molar-refractivity contribution in [3.05, 3.63) is 23.8 Å². The van der Waals surface area contributed by atoms with E-state index in [9.17, 15) is 21.6 Å². The van der Waals surface area contributed by atoms with Gasteiger partial charge in [-0.2, -0.15) is 13.2 Å². The molecule has 0 aromatic heterocycles. The second kappa shape index (κ2) is 3.41. The summed E-state index contributed by atoms with van der Waals surface area (Å²) in [6.07, 6.45) is -3.80. The molecule has 0 unspecified atom stereocenters. The number of halogens is 3. The van der Waals surface area contributed by atoms with Gasteiger partial charge in [0, 0.05) is 6.26 Å². The second-order valence-corrected chi connectivity index (χ2v) is 4.94. The summed E-state index contributed by atoms with van der Waals surface area (Å²) < 4.78 is 58.4. The highest BCUT2D eigenvalue weighted by Gasteiger charge is 2.31. The minimum Gasteiger partial charge on any atom is -0.507 e. The fourth-order valence-electron chi connectivity index (χ4n) is 1.01. The molecule has 0 atom stereocenters. The Balaban J connectivity index is 3.34. The Morgan fingerprint density at radius 3 is 2.13 bits per heavy atom. The van der Waals surface area contributed by atoms with Gasteiger partial charge in [0.05, 0.1) is 5.56 Å². The van der Waals surface area contributed by atoms with Gasteiger partial charge in [-0.1, -0.05) is 0 Å². The van der Waals surface area contributed by atoms with Crippen LogP contribution >= 0.6 is 0 Å². The van der Waals surface area contributed by atoms with Crippen LogP contribution in [0, 0.1) is 0 Å². The molecule has 0 aliphatic rings. The largest absolute Gasteiger partial charge is 0.507 e. The van der Waals surface area contributed by atoms with Crippen molar-refractivity contribution in [1.82, 2.24) is 0 Å². The molecule has 0 fully saturated rings. The van der Waals surface area contributed by atoms with E-state index in [1.165, 1.54) is 0 Å². The molecule has 0 amide bonds. The van der Waals surface area contributed by atoms with Crippen LogP contribution in [0.5, 0.6) is 5.75 Å². The van der Waals surface area contributed by atoms with Crippen LogP contribution in [0.15, 0.2) is 23.1 Å². The summed E-state index contributed by atoms with van der Waals surface area (Å²) in [4.78, 5) is -0.518. The summed E-state index contributed by atoms with van der Waals surface area (Å²) in [6.45, 7) is 0. The maximum absolute atomic E-state index is 12.1. The van der Waals surface area contributed by atoms with E-state index in [0.29, 0.717) is 12.1 Å². The maximum atomic E-state index is 12.1. The zero-order chi connectivity index (χ0) is 11.9. The SMILES string of the molecule is CS(=O)(=O)c1ccc(C(F)(F)F)cc1O. The molecular weight excluding hydrogens is 233 g/mol. The summed E-state index contributed by atoms with van der Waals surface area (Å²) in [7, 11) is -3.71. The minimum atomic E-state index is -4.60. The summed E-state index contributed by atoms with van der Waals surface area (Å²) >= 11 is 0. The first-order valence-corrected chi connectivity index (χ1v) is 5.62. The quantitative estimate of drug-likeness (QED) is 0.814. The molecule has 1 rings (SSSR count). The minimum absolute atomic E-state index is 0.385. The molecule has 1 aromatic rings. The number of aromatic hydroxyl groups is 1. The number of hydrogen-bond acceptors (Lipinski definition) is 3. The van der Waals surface area contributed by atoms with Crippen molar-refractivity contribution in [2.75, 3.05) is 6.26 Å². The molecule has 1 aromatic carbocycles. The molecule has 0 spiro atoms. The van der Waals surface area contributed by atoms with Crippen molar-refractivity contribution in [1.29, 1.82) is 0 Å². The number of phenols is 1. The Bertz CT molecular complexity index is 476. The van der Waals surface area contributed by atoms with Crippen LogP contribution in [0.3, 0.4) is 0 Å². The highest BCUT2D eigenvalue weighted by atomic mass is 32.2. The van der Waals surface area contributed by atoms with Crippen molar-refractivity contribution in [3.8, 4) is 5.75 Å². The molecule has 1 N–H and O–H groups in total. The Hall–Kier alpha value is -1.24. The van der Waals surface area contributed by atoms with Gasteiger partial charge in [-0.05, 0) is 18.2 Å². The van der Waals surface area contributed by atoms with Gasteiger partial charge in [0.15, 0.2) is 9.84 Å². The number of alkyl halides is 3. The van der Waals surface area contributed by atoms with Crippen molar-refractivity contribution in [2.24, 2.45) is 0 Å². The van der Waals surface area contributed by atoms with Crippen LogP contribution in [0.4, 0.5) is 13.2 Å². The lowest BCUT2D eigenvalue weighted by Crippen LogP contribution is -2.06. The van der Waals surface area contributed by atoms with Crippen molar-refractivity contribution >= 4 is 9.84 Å². The van der Waals surface area contributed by atoms with Crippen molar-refractivity contribution < 1.29 is 26.7 Å². The second-order valence-electron chi connectivity index (χ2n) is 2.95. The topological polar surface area (TPSA) is 54.4 Å². The number of rotatable bonds is 1. The standard InChI is InChI=1S/C8H7F3O3S/c1-15(13,14)7-3-2-5(4-6(7)12)8(9,10)11/h2-4,12H,1H3. The van der Waals surface area contributed by atoms with E-state index in [1.54, 1.807) is 0 Å². The van der Waals surface area contributed by atoms with Gasteiger partial charge in [-0.25, -0.2) is 8.42 Å². The van der Waals surface area contributed by atoms with Crippen LogP contribution in [-0.2, 0) is 16.0 Å². The zero-order valence-electron chi connectivity index (χ0n) is 7.54. The van der Waals surface area contributed by atoms with Gasteiger partial charge in [0.2, 0.25) is 0 Å². The molecule has 0 heterocycles. The lowest BCUT2D eigenvalue weighted by Gasteiger charge is -2.08. The van der Waals surface area contributed by atoms with E-state index in [0.717, 1.165) is 12.3 Å². The zero-order valence-corrected chi connectivity index (χ0v) is 8.35. The van der Waals surface area contributed by atoms with Gasteiger partial charge in [-0.3, -0.25) is 0 Å². The monoisotopic (exact) mass is 240 g/mol. The smallest absolute Gasteiger partial charge is 0.416 e. The number of phenolic OH excluding ortho intramolecular Hbond substituents is 1. The Kier molecular flexibility index (Phi) is 2.69. The fourth-order valence-corrected chi connectivity index (χ4v) is 1.76. The predicted octanol–water partition coefficient (Wildman–Crippen LogP) is 1.81. The first kappa shape index (κ1) is 11.8. The summed E-state index contributed by atoms with van der Waals surface area (Å²) in [5.41, 5.74) is -1.09. The molecule has 7 heteroatoms. The van der Waals surface area contributed by atoms with Crippen LogP contribution in [0.1, 0.15) is 5.56 Å². The van der Waals surface area contributed by atoms with Gasteiger partial charge < -0.3 is 5.11 Å². The molecule has 0 saturated heterocycles. The number of sulfone groups is 1. The van der Waals surface area contributed by atoms with E-state index in [1.807, 2.05) is 0 Å². The molecule has 15 heavy (non-hydrogen) atoms. The van der Waals surface area contributed by atoms with E-state index in [-0.39, 0.29) is 0 Å². The molecular formula is C8H7F3O3S. The van der Waals surface area contributed by atoms with Gasteiger partial charge >= 0.3 is 6.18 Å². The first-order valence-electron chi connectivity index (χ1n) is 3.72. The third kappa shape index (κ3) is 2.62. The lowest BCUT2D eigenvalue weighted by atomic mass is 10.2. The van der Waals surface area contributed by atoms with Crippen LogP contribution in [0.2, 0.25) is 0 Å². The van der Waals surface area contributed by atoms with Gasteiger partial charge in [0.1, 0.15) is 10.6 Å². The van der Waals surface area contributed by atoms with Crippen LogP contribution in [-0.4, -0.2) is 19.8 Å². The molecule has 0 aliphatic heterocycles. The van der Waals surface area contributed by atoms with Crippen LogP contribution < -0.4 is 0 Å². The highest BCUT2D eigenvalue weighted by Crippen LogP contribution is 2.33. The molecule has 0 bridgehead atoms. The Morgan fingerprint density at radius 1 is 1.27 bits per heavy atom. The summed E-state index contributed by atoms with van der Waals surface area (Å²) in [5, 5.41) is 9.11. The lowest BCUT2D eigenvalue weighted by molar-refractivity contribution is -0.137. The van der Waals surface area contributed by atoms with Gasteiger partial charge in [-0.15, -0.1) is 0 Å². The molecule has 0 radical (unpaired) electrons. The molecule has 0 saturated carbocycles. The van der Waals surface area contributed by atoms with Gasteiger partial charge in [0.25, 0.3) is 0 Å². The molecule has 3 nitrogen and oxygen atoms in total. The fraction of sp³-hybridized carbons (Fsp3) is 0.250. The molecule has 0 aliphatic carbocycles. The van der Waals surface area contributed by atoms with Crippen molar-refractivity contribution in [2.45, 2.75) is 11.1 Å². The average molecular weight is 240 g/mol. The third-order valence-electron chi connectivity index (χ3n) is 1.69. The van der Waals surface area contributed by atoms with Crippen LogP contribution in [0.25, 0.3) is 0 Å². The Morgan fingerprint density at radius 2 is 1.80 bits per heavy atom. The molecule has 84 valence electrons. The van der Waals surface area contributed by atoms with E-state index in [2.05, 4.69) is 0 Å².